The zero-order valence-electron chi connectivity index (χ0n) is 7.51. The second kappa shape index (κ2) is 3.12. The summed E-state index contributed by atoms with van der Waals surface area (Å²) in [5.74, 6) is 3.27. The van der Waals surface area contributed by atoms with Crippen LogP contribution in [-0.4, -0.2) is 14.6 Å². The summed E-state index contributed by atoms with van der Waals surface area (Å²) in [6.07, 6.45) is 0. The van der Waals surface area contributed by atoms with E-state index < -0.39 is 9.80 Å². The lowest BCUT2D eigenvalue weighted by Crippen LogP contribution is -1.98. The number of hydrogen-bond acceptors (Lipinski definition) is 1. The van der Waals surface area contributed by atoms with Gasteiger partial charge in [0.25, 0.3) is 0 Å². The van der Waals surface area contributed by atoms with Crippen molar-refractivity contribution in [3.63, 3.8) is 0 Å². The summed E-state index contributed by atoms with van der Waals surface area (Å²) in [7, 11) is -3.13. The van der Waals surface area contributed by atoms with Gasteiger partial charge in [-0.1, -0.05) is 36.4 Å². The van der Waals surface area contributed by atoms with Gasteiger partial charge in [0, 0.05) is 0 Å². The third-order valence-electron chi connectivity index (χ3n) is 2.09. The number of hydrogen-bond donors (Lipinski definition) is 1. The number of rotatable bonds is 1. The molecule has 2 nitrogen and oxygen atoms in total. The predicted molar refractivity (Wildman–Crippen MR) is 60.1 cm³/mol. The van der Waals surface area contributed by atoms with Gasteiger partial charge in [0.15, 0.2) is 0 Å². The van der Waals surface area contributed by atoms with E-state index in [4.69, 9.17) is 0 Å². The SMILES string of the molecule is C=S(=O)(O)c1cccc2ccccc12. The van der Waals surface area contributed by atoms with E-state index in [0.29, 0.717) is 4.90 Å². The first-order chi connectivity index (χ1) is 6.59. The first kappa shape index (κ1) is 9.24. The molecule has 0 fully saturated rings. The van der Waals surface area contributed by atoms with Gasteiger partial charge >= 0.3 is 0 Å². The fourth-order valence-electron chi connectivity index (χ4n) is 1.47. The Morgan fingerprint density at radius 1 is 1.07 bits per heavy atom. The van der Waals surface area contributed by atoms with E-state index in [9.17, 15) is 8.76 Å². The Balaban J connectivity index is 2.92. The van der Waals surface area contributed by atoms with Crippen molar-refractivity contribution in [3.05, 3.63) is 42.5 Å². The Bertz CT molecular complexity index is 565. The van der Waals surface area contributed by atoms with Gasteiger partial charge in [-0.15, -0.1) is 0 Å². The van der Waals surface area contributed by atoms with Gasteiger partial charge in [-0.25, -0.2) is 4.21 Å². The Morgan fingerprint density at radius 2 is 1.71 bits per heavy atom. The van der Waals surface area contributed by atoms with Gasteiger partial charge in [-0.2, -0.15) is 0 Å². The van der Waals surface area contributed by atoms with Crippen molar-refractivity contribution in [3.8, 4) is 0 Å². The average Bonchev–Trinajstić information content (AvgIpc) is 2.15. The zero-order valence-corrected chi connectivity index (χ0v) is 8.33. The van der Waals surface area contributed by atoms with Crippen LogP contribution in [0.4, 0.5) is 0 Å². The number of fused-ring (bicyclic) bond motifs is 1. The van der Waals surface area contributed by atoms with Crippen molar-refractivity contribution in [2.24, 2.45) is 0 Å². The molecule has 0 saturated heterocycles. The molecule has 1 atom stereocenters. The molecule has 14 heavy (non-hydrogen) atoms. The van der Waals surface area contributed by atoms with Crippen LogP contribution in [0.5, 0.6) is 0 Å². The molecule has 0 aliphatic carbocycles. The summed E-state index contributed by atoms with van der Waals surface area (Å²) in [6.45, 7) is 0. The van der Waals surface area contributed by atoms with E-state index in [1.54, 1.807) is 12.1 Å². The standard InChI is InChI=1S/C11H10O2S/c1-14(12,13)11-8-4-6-9-5-2-3-7-10(9)11/h2-8H,1H2,(H,12,13). The van der Waals surface area contributed by atoms with Crippen molar-refractivity contribution in [2.75, 3.05) is 0 Å². The van der Waals surface area contributed by atoms with Gasteiger partial charge in [0.05, 0.1) is 4.90 Å². The quantitative estimate of drug-likeness (QED) is 0.727. The lowest BCUT2D eigenvalue weighted by Gasteiger charge is -2.05. The molecule has 0 radical (unpaired) electrons. The molecule has 0 bridgehead atoms. The molecule has 3 heteroatoms. The molecule has 0 aromatic heterocycles. The highest BCUT2D eigenvalue weighted by molar-refractivity contribution is 7.95. The molecule has 1 N–H and O–H groups in total. The molecule has 2 aromatic rings. The van der Waals surface area contributed by atoms with Gasteiger partial charge in [-0.3, -0.25) is 0 Å². The maximum atomic E-state index is 11.4. The lowest BCUT2D eigenvalue weighted by molar-refractivity contribution is 0.561. The Morgan fingerprint density at radius 3 is 2.43 bits per heavy atom. The molecule has 72 valence electrons. The maximum absolute atomic E-state index is 11.4. The normalized spacial score (nSPS) is 15.2. The summed E-state index contributed by atoms with van der Waals surface area (Å²) in [6, 6.07) is 12.8. The van der Waals surface area contributed by atoms with Crippen molar-refractivity contribution >= 4 is 26.4 Å². The van der Waals surface area contributed by atoms with Crippen molar-refractivity contribution in [2.45, 2.75) is 4.90 Å². The average molecular weight is 206 g/mol. The van der Waals surface area contributed by atoms with E-state index in [0.717, 1.165) is 10.8 Å². The minimum atomic E-state index is -3.13. The number of benzene rings is 2. The smallest absolute Gasteiger partial charge is 0.104 e. The van der Waals surface area contributed by atoms with E-state index in [-0.39, 0.29) is 0 Å². The summed E-state index contributed by atoms with van der Waals surface area (Å²) < 4.78 is 20.9. The van der Waals surface area contributed by atoms with Gasteiger partial charge < -0.3 is 4.55 Å². The summed E-state index contributed by atoms with van der Waals surface area (Å²) >= 11 is 0. The van der Waals surface area contributed by atoms with Crippen molar-refractivity contribution < 1.29 is 8.76 Å². The molecule has 0 aliphatic rings. The fourth-order valence-corrected chi connectivity index (χ4v) is 2.29. The topological polar surface area (TPSA) is 37.3 Å². The highest BCUT2D eigenvalue weighted by Gasteiger charge is 2.06. The lowest BCUT2D eigenvalue weighted by atomic mass is 10.1. The molecule has 0 aliphatic heterocycles. The van der Waals surface area contributed by atoms with E-state index in [1.807, 2.05) is 30.3 Å². The van der Waals surface area contributed by atoms with Crippen LogP contribution in [0.15, 0.2) is 47.4 Å². The minimum Gasteiger partial charge on any atom is -0.310 e. The molecule has 1 unspecified atom stereocenters. The van der Waals surface area contributed by atoms with Crippen molar-refractivity contribution in [1.82, 2.24) is 0 Å². The fraction of sp³-hybridized carbons (Fsp3) is 0. The Labute approximate surface area is 83.0 Å². The third kappa shape index (κ3) is 1.52. The van der Waals surface area contributed by atoms with E-state index >= 15 is 0 Å². The minimum absolute atomic E-state index is 0.399. The van der Waals surface area contributed by atoms with Crippen LogP contribution in [0.25, 0.3) is 10.8 Å². The summed E-state index contributed by atoms with van der Waals surface area (Å²) in [4.78, 5) is 0.399. The zero-order chi connectivity index (χ0) is 10.2. The molecule has 0 saturated carbocycles. The predicted octanol–water partition coefficient (Wildman–Crippen LogP) is 2.39. The monoisotopic (exact) mass is 206 g/mol. The third-order valence-corrected chi connectivity index (χ3v) is 3.14. The highest BCUT2D eigenvalue weighted by Crippen LogP contribution is 2.22. The first-order valence-corrected chi connectivity index (χ1v) is 5.85. The van der Waals surface area contributed by atoms with Gasteiger partial charge in [0.1, 0.15) is 9.80 Å². The molecule has 2 aromatic carbocycles. The van der Waals surface area contributed by atoms with E-state index in [1.165, 1.54) is 0 Å². The highest BCUT2D eigenvalue weighted by atomic mass is 32.2. The van der Waals surface area contributed by atoms with Crippen LogP contribution in [0.3, 0.4) is 0 Å². The largest absolute Gasteiger partial charge is 0.310 e. The molecule has 0 amide bonds. The maximum Gasteiger partial charge on any atom is 0.104 e. The van der Waals surface area contributed by atoms with Crippen LogP contribution >= 0.6 is 0 Å². The van der Waals surface area contributed by atoms with Gasteiger partial charge in [0.2, 0.25) is 0 Å². The molecular weight excluding hydrogens is 196 g/mol. The van der Waals surface area contributed by atoms with E-state index in [2.05, 4.69) is 5.87 Å². The molecule has 0 spiro atoms. The van der Waals surface area contributed by atoms with Crippen molar-refractivity contribution in [1.29, 1.82) is 0 Å². The summed E-state index contributed by atoms with van der Waals surface area (Å²) in [5, 5.41) is 1.74. The first-order valence-electron chi connectivity index (χ1n) is 4.16. The van der Waals surface area contributed by atoms with Crippen LogP contribution in [0, 0.1) is 0 Å². The van der Waals surface area contributed by atoms with Gasteiger partial charge in [-0.05, 0) is 22.7 Å². The van der Waals surface area contributed by atoms with Crippen LogP contribution in [0.2, 0.25) is 0 Å². The van der Waals surface area contributed by atoms with Crippen LogP contribution < -0.4 is 0 Å². The molecule has 2 rings (SSSR count). The second-order valence-corrected chi connectivity index (χ2v) is 4.84. The second-order valence-electron chi connectivity index (χ2n) is 3.12. The Hall–Kier alpha value is -1.32. The van der Waals surface area contributed by atoms with Crippen LogP contribution in [-0.2, 0) is 9.80 Å². The summed E-state index contributed by atoms with van der Waals surface area (Å²) in [5.41, 5.74) is 0. The Kier molecular flexibility index (Phi) is 2.06. The van der Waals surface area contributed by atoms with Crippen LogP contribution in [0.1, 0.15) is 0 Å². The molecular formula is C11H10O2S. The molecule has 0 heterocycles.